The molecule has 0 fully saturated rings. The molecule has 0 saturated carbocycles. The van der Waals surface area contributed by atoms with E-state index in [9.17, 15) is 9.59 Å². The van der Waals surface area contributed by atoms with Gasteiger partial charge >= 0.3 is 5.97 Å². The van der Waals surface area contributed by atoms with Gasteiger partial charge in [0.15, 0.2) is 0 Å². The van der Waals surface area contributed by atoms with Crippen molar-refractivity contribution >= 4 is 23.5 Å². The number of carbonyl (C=O) groups is 2. The van der Waals surface area contributed by atoms with E-state index < -0.39 is 5.97 Å². The number of rotatable bonds is 12. The number of carboxylic acid groups (broad SMARTS) is 1. The van der Waals surface area contributed by atoms with Gasteiger partial charge in [0.25, 0.3) is 5.91 Å². The molecule has 0 heterocycles. The Bertz CT molecular complexity index is 1010. The summed E-state index contributed by atoms with van der Waals surface area (Å²) in [5.74, 6) is -0.630. The van der Waals surface area contributed by atoms with Gasteiger partial charge in [0, 0.05) is 44.9 Å². The van der Waals surface area contributed by atoms with Crippen LogP contribution in [0.5, 0.6) is 5.75 Å². The molecule has 3 N–H and O–H groups in total. The Hall–Kier alpha value is -3.19. The van der Waals surface area contributed by atoms with Gasteiger partial charge in [-0.15, -0.1) is 0 Å². The topological polar surface area (TPSA) is 90.9 Å². The van der Waals surface area contributed by atoms with Crippen molar-refractivity contribution in [3.05, 3.63) is 76.1 Å². The van der Waals surface area contributed by atoms with Crippen LogP contribution in [-0.4, -0.2) is 54.7 Å². The van der Waals surface area contributed by atoms with E-state index in [1.807, 2.05) is 20.9 Å². The first kappa shape index (κ1) is 31.8. The van der Waals surface area contributed by atoms with E-state index in [0.717, 1.165) is 19.5 Å². The zero-order chi connectivity index (χ0) is 27.8. The molecule has 0 radical (unpaired) electrons. The highest BCUT2D eigenvalue weighted by atomic mass is 35.5. The summed E-state index contributed by atoms with van der Waals surface area (Å²) in [6.45, 7) is 12.7. The number of allylic oxidation sites excluding steroid dienone is 6. The van der Waals surface area contributed by atoms with Crippen LogP contribution in [0.3, 0.4) is 0 Å². The summed E-state index contributed by atoms with van der Waals surface area (Å²) >= 11 is 6.04. The number of ether oxygens (including phenoxy) is 1. The van der Waals surface area contributed by atoms with Gasteiger partial charge in [-0.2, -0.15) is 0 Å². The summed E-state index contributed by atoms with van der Waals surface area (Å²) in [5, 5.41) is 14.8. The fourth-order valence-corrected chi connectivity index (χ4v) is 3.58. The SMILES string of the molecule is CC(C)Oc1ccc(C(=O)NCCCC(=O)O)cc1Cl.CCN(/C=C(\NC)C1=CC=C(C)C=CC1)CC. The third-order valence-electron chi connectivity index (χ3n) is 5.41. The van der Waals surface area contributed by atoms with Crippen LogP contribution in [0.1, 0.15) is 64.2 Å². The normalized spacial score (nSPS) is 13.0. The second-order valence-electron chi connectivity index (χ2n) is 8.79. The fraction of sp³-hybridized carbons (Fsp3) is 0.448. The number of nitrogens with zero attached hydrogens (tertiary/aromatic N) is 1. The summed E-state index contributed by atoms with van der Waals surface area (Å²) in [5.41, 5.74) is 4.27. The highest BCUT2D eigenvalue weighted by Gasteiger charge is 2.10. The summed E-state index contributed by atoms with van der Waals surface area (Å²) in [4.78, 5) is 24.5. The molecule has 7 nitrogen and oxygen atoms in total. The number of carboxylic acids is 1. The minimum absolute atomic E-state index is 0.00296. The van der Waals surface area contributed by atoms with Crippen molar-refractivity contribution < 1.29 is 19.4 Å². The lowest BCUT2D eigenvalue weighted by Crippen LogP contribution is -2.24. The van der Waals surface area contributed by atoms with Crippen LogP contribution in [0, 0.1) is 0 Å². The number of aliphatic carboxylic acids is 1. The monoisotopic (exact) mass is 531 g/mol. The second kappa shape index (κ2) is 17.3. The predicted molar refractivity (Wildman–Crippen MR) is 152 cm³/mol. The van der Waals surface area contributed by atoms with Crippen LogP contribution in [-0.2, 0) is 4.79 Å². The zero-order valence-corrected chi connectivity index (χ0v) is 23.7. The molecule has 0 saturated heterocycles. The molecule has 1 aliphatic carbocycles. The minimum atomic E-state index is -0.877. The predicted octanol–water partition coefficient (Wildman–Crippen LogP) is 5.94. The van der Waals surface area contributed by atoms with E-state index in [1.165, 1.54) is 22.9 Å². The lowest BCUT2D eigenvalue weighted by molar-refractivity contribution is -0.137. The molecular weight excluding hydrogens is 490 g/mol. The molecule has 1 aromatic carbocycles. The molecule has 0 bridgehead atoms. The van der Waals surface area contributed by atoms with Crippen molar-refractivity contribution in [2.24, 2.45) is 0 Å². The maximum Gasteiger partial charge on any atom is 0.303 e. The number of nitrogens with one attached hydrogen (secondary N) is 2. The van der Waals surface area contributed by atoms with Crippen LogP contribution in [0.25, 0.3) is 0 Å². The first-order valence-electron chi connectivity index (χ1n) is 12.7. The Morgan fingerprint density at radius 3 is 2.49 bits per heavy atom. The quantitative estimate of drug-likeness (QED) is 0.289. The van der Waals surface area contributed by atoms with Gasteiger partial charge < -0.3 is 25.4 Å². The largest absolute Gasteiger partial charge is 0.489 e. The third kappa shape index (κ3) is 12.6. The highest BCUT2D eigenvalue weighted by molar-refractivity contribution is 6.32. The van der Waals surface area contributed by atoms with Gasteiger partial charge in [-0.25, -0.2) is 0 Å². The van der Waals surface area contributed by atoms with E-state index in [2.05, 4.69) is 66.8 Å². The molecule has 1 aromatic rings. The molecule has 0 aromatic heterocycles. The smallest absolute Gasteiger partial charge is 0.303 e. The molecule has 204 valence electrons. The van der Waals surface area contributed by atoms with Crippen molar-refractivity contribution in [1.82, 2.24) is 15.5 Å². The summed E-state index contributed by atoms with van der Waals surface area (Å²) in [7, 11) is 1.99. The number of hydrogen-bond acceptors (Lipinski definition) is 5. The summed E-state index contributed by atoms with van der Waals surface area (Å²) in [6, 6.07) is 4.80. The molecule has 2 rings (SSSR count). The van der Waals surface area contributed by atoms with E-state index >= 15 is 0 Å². The minimum Gasteiger partial charge on any atom is -0.489 e. The number of amides is 1. The number of benzene rings is 1. The molecule has 1 aliphatic rings. The van der Waals surface area contributed by atoms with Gasteiger partial charge in [0.1, 0.15) is 5.75 Å². The van der Waals surface area contributed by atoms with Crippen molar-refractivity contribution in [3.63, 3.8) is 0 Å². The molecule has 1 amide bonds. The van der Waals surface area contributed by atoms with Crippen molar-refractivity contribution in [2.75, 3.05) is 26.7 Å². The second-order valence-corrected chi connectivity index (χ2v) is 9.20. The van der Waals surface area contributed by atoms with Crippen LogP contribution >= 0.6 is 11.6 Å². The molecule has 0 aliphatic heterocycles. The number of hydrogen-bond donors (Lipinski definition) is 3. The van der Waals surface area contributed by atoms with Gasteiger partial charge in [0.2, 0.25) is 0 Å². The molecule has 0 spiro atoms. The standard InChI is InChI=1S/C15H24N2.C14H18ClNO4/c1-5-17(6-2)12-15(16-4)14-9-7-8-13(3)10-11-14;1-9(2)20-12-6-5-10(8-11(12)15)14(19)16-7-3-4-13(17)18/h7-8,10-12,16H,5-6,9H2,1-4H3;5-6,8-9H,3-4,7H2,1-2H3,(H,16,19)(H,17,18)/b15-12-;. The fourth-order valence-electron chi connectivity index (χ4n) is 3.36. The zero-order valence-electron chi connectivity index (χ0n) is 22.9. The van der Waals surface area contributed by atoms with Gasteiger partial charge in [-0.3, -0.25) is 9.59 Å². The number of likely N-dealkylation sites (N-methyl/N-ethyl adjacent to an activating group) is 1. The lowest BCUT2D eigenvalue weighted by Gasteiger charge is -2.19. The van der Waals surface area contributed by atoms with E-state index in [1.54, 1.807) is 12.1 Å². The summed E-state index contributed by atoms with van der Waals surface area (Å²) < 4.78 is 5.48. The Morgan fingerprint density at radius 1 is 1.22 bits per heavy atom. The van der Waals surface area contributed by atoms with Crippen LogP contribution in [0.15, 0.2) is 65.5 Å². The van der Waals surface area contributed by atoms with Gasteiger partial charge in [-0.05, 0) is 71.2 Å². The van der Waals surface area contributed by atoms with Crippen LogP contribution in [0.2, 0.25) is 5.02 Å². The van der Waals surface area contributed by atoms with Crippen molar-refractivity contribution in [1.29, 1.82) is 0 Å². The highest BCUT2D eigenvalue weighted by Crippen LogP contribution is 2.26. The number of halogens is 1. The Balaban J connectivity index is 0.000000375. The molecule has 0 atom stereocenters. The van der Waals surface area contributed by atoms with E-state index in [-0.39, 0.29) is 18.4 Å². The Kier molecular flexibility index (Phi) is 14.9. The van der Waals surface area contributed by atoms with E-state index in [0.29, 0.717) is 29.3 Å². The van der Waals surface area contributed by atoms with Crippen LogP contribution in [0.4, 0.5) is 0 Å². The van der Waals surface area contributed by atoms with Crippen molar-refractivity contribution in [3.8, 4) is 5.75 Å². The third-order valence-corrected chi connectivity index (χ3v) is 5.71. The van der Waals surface area contributed by atoms with Crippen molar-refractivity contribution in [2.45, 2.75) is 60.0 Å². The van der Waals surface area contributed by atoms with E-state index in [4.69, 9.17) is 21.4 Å². The van der Waals surface area contributed by atoms with Crippen LogP contribution < -0.4 is 15.4 Å². The molecular formula is C29H42ClN3O4. The Labute approximate surface area is 226 Å². The maximum absolute atomic E-state index is 11.8. The average molecular weight is 532 g/mol. The first-order chi connectivity index (χ1) is 17.6. The first-order valence-corrected chi connectivity index (χ1v) is 13.1. The lowest BCUT2D eigenvalue weighted by atomic mass is 10.1. The maximum atomic E-state index is 11.8. The van der Waals surface area contributed by atoms with Gasteiger partial charge in [0.05, 0.1) is 16.8 Å². The molecule has 37 heavy (non-hydrogen) atoms. The number of carbonyl (C=O) groups excluding carboxylic acids is 1. The summed E-state index contributed by atoms with van der Waals surface area (Å²) in [6.07, 6.45) is 12.4. The molecule has 0 unspecified atom stereocenters. The Morgan fingerprint density at radius 2 is 1.92 bits per heavy atom. The molecule has 8 heteroatoms. The van der Waals surface area contributed by atoms with Gasteiger partial charge in [-0.1, -0.05) is 41.5 Å². The average Bonchev–Trinajstić information content (AvgIpc) is 3.08.